The van der Waals surface area contributed by atoms with E-state index in [1.165, 1.54) is 25.1 Å². The van der Waals surface area contributed by atoms with Gasteiger partial charge in [0.1, 0.15) is 33.9 Å². The maximum Gasteiger partial charge on any atom is 0.412 e. The zero-order chi connectivity index (χ0) is 29.7. The van der Waals surface area contributed by atoms with Crippen LogP contribution in [0.3, 0.4) is 0 Å². The number of fused-ring (bicyclic) bond motifs is 4. The smallest absolute Gasteiger partial charge is 0.412 e. The highest BCUT2D eigenvalue weighted by Gasteiger charge is 2.26. The number of rotatable bonds is 5. The Hall–Kier alpha value is -4.78. The number of hydrogen-bond donors (Lipinski definition) is 5. The summed E-state index contributed by atoms with van der Waals surface area (Å²) in [5.74, 6) is -4.50. The molecule has 214 valence electrons. The summed E-state index contributed by atoms with van der Waals surface area (Å²) < 4.78 is 33.5. The van der Waals surface area contributed by atoms with Gasteiger partial charge in [-0.25, -0.2) is 23.4 Å². The molecule has 1 aliphatic rings. The molecule has 3 amide bonds. The van der Waals surface area contributed by atoms with E-state index in [-0.39, 0.29) is 46.8 Å². The standard InChI is InChI=1S/C27H24ClF2N5O6/c1-13-9-16(29)22(17(30)10-13)26(39)33-18-5-3-2-4-6-20(36)32-19-11-14(31-27(40)41-12-21(37)38)7-8-15(19)23-24(28)35-25(18)34-23/h2-3,7-11,18H,4-6,12H2,1H3,(H,31,40)(H,32,36)(H,33,39)(H,34,35)(H,37,38)/b3-2+/t18-/m0/s1. The zero-order valence-electron chi connectivity index (χ0n) is 21.5. The lowest BCUT2D eigenvalue weighted by atomic mass is 10.1. The van der Waals surface area contributed by atoms with E-state index < -0.39 is 47.8 Å². The molecule has 0 saturated carbocycles. The number of aromatic amines is 1. The molecular weight excluding hydrogens is 564 g/mol. The molecule has 14 heteroatoms. The molecule has 2 bridgehead atoms. The van der Waals surface area contributed by atoms with Crippen molar-refractivity contribution >= 4 is 46.9 Å². The Morgan fingerprint density at radius 2 is 1.90 bits per heavy atom. The van der Waals surface area contributed by atoms with E-state index in [1.807, 2.05) is 0 Å². The molecule has 4 rings (SSSR count). The van der Waals surface area contributed by atoms with E-state index in [2.05, 4.69) is 30.7 Å². The molecule has 2 aromatic carbocycles. The summed E-state index contributed by atoms with van der Waals surface area (Å²) in [5, 5.41) is 16.4. The Kier molecular flexibility index (Phi) is 8.97. The average Bonchev–Trinajstić information content (AvgIpc) is 3.27. The van der Waals surface area contributed by atoms with Gasteiger partial charge >= 0.3 is 12.1 Å². The van der Waals surface area contributed by atoms with Crippen molar-refractivity contribution in [1.29, 1.82) is 0 Å². The number of allylic oxidation sites excluding steroid dienone is 1. The molecule has 0 fully saturated rings. The van der Waals surface area contributed by atoms with Gasteiger partial charge in [-0.05, 0) is 55.7 Å². The number of aromatic nitrogens is 2. The Balaban J connectivity index is 1.68. The first-order valence-electron chi connectivity index (χ1n) is 12.3. The van der Waals surface area contributed by atoms with E-state index in [0.29, 0.717) is 17.5 Å². The number of carboxylic acids is 1. The van der Waals surface area contributed by atoms with Gasteiger partial charge in [0.25, 0.3) is 5.91 Å². The van der Waals surface area contributed by atoms with Crippen molar-refractivity contribution in [3.8, 4) is 11.3 Å². The van der Waals surface area contributed by atoms with Crippen LogP contribution in [-0.4, -0.2) is 45.6 Å². The highest BCUT2D eigenvalue weighted by Crippen LogP contribution is 2.35. The van der Waals surface area contributed by atoms with Gasteiger partial charge in [0.15, 0.2) is 6.61 Å². The molecule has 0 spiro atoms. The minimum Gasteiger partial charge on any atom is -0.479 e. The molecule has 11 nitrogen and oxygen atoms in total. The number of imidazole rings is 1. The summed E-state index contributed by atoms with van der Waals surface area (Å²) in [5.41, 5.74) is 0.528. The molecule has 1 aliphatic heterocycles. The van der Waals surface area contributed by atoms with Gasteiger partial charge in [-0.15, -0.1) is 0 Å². The fourth-order valence-corrected chi connectivity index (χ4v) is 4.33. The van der Waals surface area contributed by atoms with Crippen molar-refractivity contribution in [2.24, 2.45) is 0 Å². The molecule has 0 unspecified atom stereocenters. The lowest BCUT2D eigenvalue weighted by Gasteiger charge is -2.16. The molecule has 0 aliphatic carbocycles. The van der Waals surface area contributed by atoms with Crippen molar-refractivity contribution in [2.75, 3.05) is 17.2 Å². The molecule has 2 heterocycles. The number of benzene rings is 2. The Bertz CT molecular complexity index is 1530. The highest BCUT2D eigenvalue weighted by atomic mass is 35.5. The molecule has 0 saturated heterocycles. The quantitative estimate of drug-likeness (QED) is 0.259. The second-order valence-electron chi connectivity index (χ2n) is 9.06. The molecule has 1 atom stereocenters. The summed E-state index contributed by atoms with van der Waals surface area (Å²) in [6.45, 7) is 0.662. The number of carbonyl (C=O) groups is 4. The molecule has 5 N–H and O–H groups in total. The van der Waals surface area contributed by atoms with Crippen molar-refractivity contribution in [2.45, 2.75) is 32.2 Å². The molecule has 0 radical (unpaired) electrons. The van der Waals surface area contributed by atoms with Gasteiger partial charge < -0.3 is 25.5 Å². The average molecular weight is 588 g/mol. The Morgan fingerprint density at radius 3 is 2.61 bits per heavy atom. The zero-order valence-corrected chi connectivity index (χ0v) is 22.3. The summed E-state index contributed by atoms with van der Waals surface area (Å²) in [4.78, 5) is 55.5. The molecule has 41 heavy (non-hydrogen) atoms. The van der Waals surface area contributed by atoms with Crippen molar-refractivity contribution < 1.29 is 37.8 Å². The first-order chi connectivity index (χ1) is 19.5. The van der Waals surface area contributed by atoms with E-state index in [0.717, 1.165) is 12.1 Å². The number of ether oxygens (including phenoxy) is 1. The predicted octanol–water partition coefficient (Wildman–Crippen LogP) is 5.10. The SMILES string of the molecule is Cc1cc(F)c(C(=O)N[C@H]2C/C=C/CCC(=O)Nc3cc(NC(=O)OCC(=O)O)ccc3-c3nc2[nH]c3Cl)c(F)c1. The van der Waals surface area contributed by atoms with Crippen molar-refractivity contribution in [3.63, 3.8) is 0 Å². The third-order valence-corrected chi connectivity index (χ3v) is 6.20. The number of carboxylic acid groups (broad SMARTS) is 1. The molecule has 1 aromatic heterocycles. The number of hydrogen-bond acceptors (Lipinski definition) is 6. The minimum atomic E-state index is -1.33. The second kappa shape index (κ2) is 12.6. The predicted molar refractivity (Wildman–Crippen MR) is 145 cm³/mol. The van der Waals surface area contributed by atoms with Crippen LogP contribution in [0.1, 0.15) is 47.1 Å². The third kappa shape index (κ3) is 7.25. The Labute approximate surface area is 236 Å². The summed E-state index contributed by atoms with van der Waals surface area (Å²) in [6, 6.07) is 5.62. The maximum absolute atomic E-state index is 14.5. The van der Waals surface area contributed by atoms with E-state index >= 15 is 0 Å². The van der Waals surface area contributed by atoms with Gasteiger partial charge in [0, 0.05) is 17.7 Å². The first-order valence-corrected chi connectivity index (χ1v) is 12.7. The van der Waals surface area contributed by atoms with Crippen molar-refractivity contribution in [1.82, 2.24) is 15.3 Å². The maximum atomic E-state index is 14.5. The number of aliphatic carboxylic acids is 1. The number of anilines is 2. The number of nitrogens with one attached hydrogen (secondary N) is 4. The molecule has 3 aromatic rings. The third-order valence-electron chi connectivity index (χ3n) is 5.93. The summed E-state index contributed by atoms with van der Waals surface area (Å²) in [6.07, 6.45) is 2.99. The van der Waals surface area contributed by atoms with E-state index in [4.69, 9.17) is 16.7 Å². The lowest BCUT2D eigenvalue weighted by molar-refractivity contribution is -0.140. The van der Waals surface area contributed by atoms with E-state index in [1.54, 1.807) is 12.2 Å². The van der Waals surface area contributed by atoms with Crippen LogP contribution in [0.15, 0.2) is 42.5 Å². The minimum absolute atomic E-state index is 0.0464. The van der Waals surface area contributed by atoms with Gasteiger partial charge in [0.2, 0.25) is 5.91 Å². The van der Waals surface area contributed by atoms with Crippen LogP contribution in [0.5, 0.6) is 0 Å². The van der Waals surface area contributed by atoms with E-state index in [9.17, 15) is 28.0 Å². The highest BCUT2D eigenvalue weighted by molar-refractivity contribution is 6.32. The largest absolute Gasteiger partial charge is 0.479 e. The number of H-pyrrole nitrogens is 1. The number of amides is 3. The monoisotopic (exact) mass is 587 g/mol. The van der Waals surface area contributed by atoms with Crippen LogP contribution in [0.2, 0.25) is 5.15 Å². The fraction of sp³-hybridized carbons (Fsp3) is 0.222. The van der Waals surface area contributed by atoms with Gasteiger partial charge in [-0.3, -0.25) is 14.9 Å². The van der Waals surface area contributed by atoms with Gasteiger partial charge in [0.05, 0.1) is 11.7 Å². The first kappa shape index (κ1) is 29.2. The van der Waals surface area contributed by atoms with Crippen LogP contribution >= 0.6 is 11.6 Å². The number of aryl methyl sites for hydroxylation is 1. The second-order valence-corrected chi connectivity index (χ2v) is 9.44. The topological polar surface area (TPSA) is 163 Å². The normalized spacial score (nSPS) is 15.7. The van der Waals surface area contributed by atoms with Crippen LogP contribution in [0, 0.1) is 18.6 Å². The van der Waals surface area contributed by atoms with Crippen LogP contribution in [0.25, 0.3) is 11.3 Å². The van der Waals surface area contributed by atoms with Gasteiger partial charge in [-0.1, -0.05) is 23.8 Å². The van der Waals surface area contributed by atoms with Crippen LogP contribution in [-0.2, 0) is 14.3 Å². The van der Waals surface area contributed by atoms with Gasteiger partial charge in [-0.2, -0.15) is 0 Å². The van der Waals surface area contributed by atoms with Crippen LogP contribution in [0.4, 0.5) is 25.0 Å². The number of nitrogens with zero attached hydrogens (tertiary/aromatic N) is 1. The number of carbonyl (C=O) groups excluding carboxylic acids is 3. The summed E-state index contributed by atoms with van der Waals surface area (Å²) >= 11 is 6.47. The number of halogens is 3. The van der Waals surface area contributed by atoms with Crippen LogP contribution < -0.4 is 16.0 Å². The fourth-order valence-electron chi connectivity index (χ4n) is 4.09. The lowest BCUT2D eigenvalue weighted by Crippen LogP contribution is -2.30. The molecular formula is C27H24ClF2N5O6. The van der Waals surface area contributed by atoms with Crippen molar-refractivity contribution in [3.05, 3.63) is 76.2 Å². The summed E-state index contributed by atoms with van der Waals surface area (Å²) in [7, 11) is 0. The Morgan fingerprint density at radius 1 is 1.17 bits per heavy atom.